The van der Waals surface area contributed by atoms with Gasteiger partial charge in [0.15, 0.2) is 29.3 Å². The number of fused-ring (bicyclic) bond motifs is 1. The van der Waals surface area contributed by atoms with E-state index in [9.17, 15) is 19.8 Å². The van der Waals surface area contributed by atoms with Crippen LogP contribution in [0.3, 0.4) is 0 Å². The number of likely N-dealkylation sites (N-methyl/N-ethyl adjacent to an activating group) is 1. The highest BCUT2D eigenvalue weighted by Crippen LogP contribution is 2.32. The summed E-state index contributed by atoms with van der Waals surface area (Å²) >= 11 is 0. The third-order valence-electron chi connectivity index (χ3n) is 6.95. The van der Waals surface area contributed by atoms with E-state index in [1.807, 2.05) is 0 Å². The molecule has 7 N–H and O–H groups in total. The standard InChI is InChI=1S/C25H40N10O5/c1-4-27-23(38)19-17(36)18(37)25(40-19)35-14-31-16-20(26-3)32-21(33-22(16)35)24(39)30-9-8-28-15(2)29-10-13-34-11-6-5-7-12-34/h14,17-19,25,28-29,36-37H,2,4-13H2,1,3H3,(H,27,38)(H,30,39)(H,26,32,33)/t17-,18+,19-,25+/m0/s1. The predicted molar refractivity (Wildman–Crippen MR) is 147 cm³/mol. The van der Waals surface area contributed by atoms with Crippen LogP contribution < -0.4 is 26.6 Å². The van der Waals surface area contributed by atoms with Crippen LogP contribution in [0.4, 0.5) is 5.82 Å². The number of aromatic nitrogens is 4. The zero-order valence-corrected chi connectivity index (χ0v) is 23.0. The van der Waals surface area contributed by atoms with Crippen molar-refractivity contribution >= 4 is 28.8 Å². The van der Waals surface area contributed by atoms with Gasteiger partial charge < -0.3 is 46.4 Å². The minimum Gasteiger partial charge on any atom is -0.387 e. The first-order valence-corrected chi connectivity index (χ1v) is 13.7. The molecule has 0 unspecified atom stereocenters. The number of carbonyl (C=O) groups is 2. The van der Waals surface area contributed by atoms with Gasteiger partial charge in [-0.05, 0) is 32.9 Å². The highest BCUT2D eigenvalue weighted by Gasteiger charge is 2.47. The van der Waals surface area contributed by atoms with Crippen molar-refractivity contribution in [2.45, 2.75) is 50.7 Å². The van der Waals surface area contributed by atoms with Gasteiger partial charge in [-0.2, -0.15) is 0 Å². The molecule has 2 aromatic rings. The molecule has 4 rings (SSSR count). The fourth-order valence-corrected chi connectivity index (χ4v) is 4.84. The number of rotatable bonds is 13. The van der Waals surface area contributed by atoms with Gasteiger partial charge in [0.2, 0.25) is 5.82 Å². The molecule has 2 aliphatic rings. The van der Waals surface area contributed by atoms with Crippen molar-refractivity contribution in [1.82, 2.24) is 45.7 Å². The number of aliphatic hydroxyl groups excluding tert-OH is 2. The normalized spacial score (nSPS) is 23.1. The van der Waals surface area contributed by atoms with Gasteiger partial charge >= 0.3 is 0 Å². The third-order valence-corrected chi connectivity index (χ3v) is 6.95. The van der Waals surface area contributed by atoms with E-state index in [4.69, 9.17) is 4.74 Å². The Morgan fingerprint density at radius 3 is 2.50 bits per heavy atom. The molecule has 0 saturated carbocycles. The van der Waals surface area contributed by atoms with E-state index in [0.29, 0.717) is 36.8 Å². The minimum absolute atomic E-state index is 0.120. The second-order valence-electron chi connectivity index (χ2n) is 9.78. The van der Waals surface area contributed by atoms with Crippen LogP contribution in [-0.2, 0) is 9.53 Å². The minimum atomic E-state index is -1.45. The Morgan fingerprint density at radius 2 is 1.77 bits per heavy atom. The Balaban J connectivity index is 1.34. The van der Waals surface area contributed by atoms with Crippen LogP contribution in [0.15, 0.2) is 18.7 Å². The molecule has 4 atom stereocenters. The van der Waals surface area contributed by atoms with Crippen molar-refractivity contribution in [2.75, 3.05) is 58.2 Å². The lowest BCUT2D eigenvalue weighted by atomic mass is 10.1. The van der Waals surface area contributed by atoms with Crippen molar-refractivity contribution in [1.29, 1.82) is 0 Å². The number of aliphatic hydroxyl groups is 2. The molecule has 2 aromatic heterocycles. The summed E-state index contributed by atoms with van der Waals surface area (Å²) in [5, 5.41) is 35.7. The third kappa shape index (κ3) is 6.78. The summed E-state index contributed by atoms with van der Waals surface area (Å²) in [5.74, 6) is -0.185. The Kier molecular flexibility index (Phi) is 10.1. The number of likely N-dealkylation sites (tertiary alicyclic amines) is 1. The van der Waals surface area contributed by atoms with Crippen molar-refractivity contribution in [3.63, 3.8) is 0 Å². The van der Waals surface area contributed by atoms with Crippen LogP contribution in [0.2, 0.25) is 0 Å². The monoisotopic (exact) mass is 560 g/mol. The molecular formula is C25H40N10O5. The number of ether oxygens (including phenoxy) is 1. The average molecular weight is 561 g/mol. The van der Waals surface area contributed by atoms with Crippen molar-refractivity contribution in [2.24, 2.45) is 0 Å². The van der Waals surface area contributed by atoms with Crippen LogP contribution in [-0.4, -0.2) is 118 Å². The molecule has 0 aliphatic carbocycles. The molecule has 0 aromatic carbocycles. The second kappa shape index (κ2) is 13.7. The van der Waals surface area contributed by atoms with Crippen molar-refractivity contribution in [3.8, 4) is 0 Å². The number of nitrogens with one attached hydrogen (secondary N) is 5. The first kappa shape index (κ1) is 29.5. The number of hydrogen-bond donors (Lipinski definition) is 7. The predicted octanol–water partition coefficient (Wildman–Crippen LogP) is -1.51. The molecule has 0 spiro atoms. The molecule has 0 bridgehead atoms. The Morgan fingerprint density at radius 1 is 1.05 bits per heavy atom. The molecule has 40 heavy (non-hydrogen) atoms. The number of amides is 2. The lowest BCUT2D eigenvalue weighted by Crippen LogP contribution is -2.42. The topological polar surface area (TPSA) is 191 Å². The number of hydrogen-bond acceptors (Lipinski definition) is 12. The maximum atomic E-state index is 12.9. The van der Waals surface area contributed by atoms with Gasteiger partial charge in [-0.3, -0.25) is 14.2 Å². The molecule has 2 saturated heterocycles. The van der Waals surface area contributed by atoms with Crippen molar-refractivity contribution in [3.05, 3.63) is 24.6 Å². The van der Waals surface area contributed by atoms with E-state index >= 15 is 0 Å². The average Bonchev–Trinajstić information content (AvgIpc) is 3.51. The number of imidazole rings is 1. The van der Waals surface area contributed by atoms with Gasteiger partial charge in [-0.25, -0.2) is 15.0 Å². The van der Waals surface area contributed by atoms with E-state index in [1.165, 1.54) is 30.2 Å². The number of anilines is 1. The van der Waals surface area contributed by atoms with E-state index in [2.05, 4.69) is 53.0 Å². The molecule has 2 fully saturated rings. The van der Waals surface area contributed by atoms with E-state index in [-0.39, 0.29) is 11.5 Å². The summed E-state index contributed by atoms with van der Waals surface area (Å²) < 4.78 is 7.07. The SMILES string of the molecule is C=C(NCCNC(=O)c1nc(NC)c2ncn([C@@H]3O[C@H](C(=O)NCC)[C@@H](O)[C@H]3O)c2n1)NCCN1CCCCC1. The molecule has 2 aliphatic heterocycles. The molecule has 15 heteroatoms. The lowest BCUT2D eigenvalue weighted by Gasteiger charge is -2.26. The van der Waals surface area contributed by atoms with Gasteiger partial charge in [0.05, 0.1) is 12.1 Å². The van der Waals surface area contributed by atoms with Crippen LogP contribution in [0.5, 0.6) is 0 Å². The number of nitrogens with zero attached hydrogens (tertiary/aromatic N) is 5. The first-order chi connectivity index (χ1) is 19.3. The Bertz CT molecular complexity index is 1180. The van der Waals surface area contributed by atoms with E-state index in [0.717, 1.165) is 26.2 Å². The largest absolute Gasteiger partial charge is 0.387 e. The van der Waals surface area contributed by atoms with Crippen molar-refractivity contribution < 1.29 is 24.5 Å². The molecule has 2 amide bonds. The van der Waals surface area contributed by atoms with Gasteiger partial charge in [0, 0.05) is 39.8 Å². The summed E-state index contributed by atoms with van der Waals surface area (Å²) in [7, 11) is 1.63. The maximum absolute atomic E-state index is 12.9. The fourth-order valence-electron chi connectivity index (χ4n) is 4.84. The highest BCUT2D eigenvalue weighted by molar-refractivity contribution is 5.94. The molecule has 0 radical (unpaired) electrons. The van der Waals surface area contributed by atoms with Gasteiger partial charge in [-0.15, -0.1) is 0 Å². The smallest absolute Gasteiger partial charge is 0.289 e. The maximum Gasteiger partial charge on any atom is 0.289 e. The quantitative estimate of drug-likeness (QED) is 0.140. The lowest BCUT2D eigenvalue weighted by molar-refractivity contribution is -0.137. The van der Waals surface area contributed by atoms with Gasteiger partial charge in [0.25, 0.3) is 11.8 Å². The van der Waals surface area contributed by atoms with Crippen LogP contribution in [0, 0.1) is 0 Å². The van der Waals surface area contributed by atoms with E-state index in [1.54, 1.807) is 14.0 Å². The zero-order valence-electron chi connectivity index (χ0n) is 23.0. The fraction of sp³-hybridized carbons (Fsp3) is 0.640. The van der Waals surface area contributed by atoms with E-state index < -0.39 is 36.4 Å². The van der Waals surface area contributed by atoms with Gasteiger partial charge in [0.1, 0.15) is 12.2 Å². The molecule has 4 heterocycles. The van der Waals surface area contributed by atoms with Crippen LogP contribution in [0.25, 0.3) is 11.2 Å². The Labute approximate surface area is 232 Å². The molecule has 220 valence electrons. The summed E-state index contributed by atoms with van der Waals surface area (Å²) in [6.07, 6.45) is -0.127. The zero-order chi connectivity index (χ0) is 28.6. The van der Waals surface area contributed by atoms with Crippen LogP contribution in [0.1, 0.15) is 43.0 Å². The number of piperidine rings is 1. The second-order valence-corrected chi connectivity index (χ2v) is 9.78. The highest BCUT2D eigenvalue weighted by atomic mass is 16.6. The number of carbonyl (C=O) groups excluding carboxylic acids is 2. The summed E-state index contributed by atoms with van der Waals surface area (Å²) in [4.78, 5) is 40.5. The molecule has 15 nitrogen and oxygen atoms in total. The first-order valence-electron chi connectivity index (χ1n) is 13.7. The Hall–Kier alpha value is -3.53. The summed E-state index contributed by atoms with van der Waals surface area (Å²) in [6, 6.07) is 0. The molecular weight excluding hydrogens is 520 g/mol. The van der Waals surface area contributed by atoms with Crippen LogP contribution >= 0.6 is 0 Å². The van der Waals surface area contributed by atoms with Gasteiger partial charge in [-0.1, -0.05) is 13.0 Å². The summed E-state index contributed by atoms with van der Waals surface area (Å²) in [5.41, 5.74) is 0.529. The summed E-state index contributed by atoms with van der Waals surface area (Å²) in [6.45, 7) is 10.9.